The Hall–Kier alpha value is -0.410. The fourth-order valence-electron chi connectivity index (χ4n) is 1.16. The van der Waals surface area contributed by atoms with Crippen LogP contribution in [0.2, 0.25) is 0 Å². The van der Waals surface area contributed by atoms with Gasteiger partial charge in [0.2, 0.25) is 0 Å². The summed E-state index contributed by atoms with van der Waals surface area (Å²) in [7, 11) is 1.97. The lowest BCUT2D eigenvalue weighted by molar-refractivity contribution is 0.724. The van der Waals surface area contributed by atoms with Crippen molar-refractivity contribution in [2.45, 2.75) is 39.7 Å². The van der Waals surface area contributed by atoms with Crippen molar-refractivity contribution in [2.24, 2.45) is 0 Å². The molecule has 0 radical (unpaired) electrons. The Bertz CT molecular complexity index is 268. The van der Waals surface area contributed by atoms with Crippen LogP contribution in [0.25, 0.3) is 0 Å². The van der Waals surface area contributed by atoms with Crippen LogP contribution in [0.15, 0.2) is 0 Å². The summed E-state index contributed by atoms with van der Waals surface area (Å²) in [6.07, 6.45) is 1.17. The predicted octanol–water partition coefficient (Wildman–Crippen LogP) is 2.68. The summed E-state index contributed by atoms with van der Waals surface area (Å²) in [6.45, 7) is 7.48. The van der Waals surface area contributed by atoms with Crippen LogP contribution in [-0.4, -0.2) is 12.0 Å². The van der Waals surface area contributed by atoms with Crippen molar-refractivity contribution in [1.82, 2.24) is 10.3 Å². The molecule has 1 aromatic heterocycles. The highest BCUT2D eigenvalue weighted by molar-refractivity contribution is 7.11. The van der Waals surface area contributed by atoms with Crippen LogP contribution in [0.4, 0.5) is 0 Å². The highest BCUT2D eigenvalue weighted by Gasteiger charge is 2.11. The number of thiazole rings is 1. The van der Waals surface area contributed by atoms with Crippen LogP contribution in [-0.2, 0) is 6.54 Å². The van der Waals surface area contributed by atoms with Crippen LogP contribution in [0.3, 0.4) is 0 Å². The largest absolute Gasteiger partial charge is 0.315 e. The molecule has 13 heavy (non-hydrogen) atoms. The first-order valence-corrected chi connectivity index (χ1v) is 5.61. The minimum absolute atomic E-state index is 0.606. The molecule has 0 aliphatic rings. The molecular formula is C10H18N2S. The fraction of sp³-hybridized carbons (Fsp3) is 0.700. The molecule has 0 saturated carbocycles. The summed E-state index contributed by atoms with van der Waals surface area (Å²) in [5, 5.41) is 4.45. The number of hydrogen-bond acceptors (Lipinski definition) is 3. The van der Waals surface area contributed by atoms with Crippen molar-refractivity contribution in [2.75, 3.05) is 7.05 Å². The maximum atomic E-state index is 4.58. The van der Waals surface area contributed by atoms with E-state index in [4.69, 9.17) is 0 Å². The van der Waals surface area contributed by atoms with E-state index in [1.54, 1.807) is 0 Å². The molecule has 1 rings (SSSR count). The van der Waals surface area contributed by atoms with Crippen LogP contribution in [0.5, 0.6) is 0 Å². The van der Waals surface area contributed by atoms with E-state index < -0.39 is 0 Å². The summed E-state index contributed by atoms with van der Waals surface area (Å²) in [5.41, 5.74) is 1.19. The van der Waals surface area contributed by atoms with E-state index in [1.165, 1.54) is 22.0 Å². The Morgan fingerprint density at radius 1 is 1.54 bits per heavy atom. The first-order chi connectivity index (χ1) is 6.19. The fourth-order valence-corrected chi connectivity index (χ4v) is 2.37. The molecule has 1 heterocycles. The maximum absolute atomic E-state index is 4.58. The van der Waals surface area contributed by atoms with Gasteiger partial charge in [-0.3, -0.25) is 0 Å². The summed E-state index contributed by atoms with van der Waals surface area (Å²) in [4.78, 5) is 5.95. The van der Waals surface area contributed by atoms with Crippen molar-refractivity contribution in [1.29, 1.82) is 0 Å². The van der Waals surface area contributed by atoms with E-state index in [1.807, 2.05) is 18.4 Å². The van der Waals surface area contributed by atoms with Crippen LogP contribution in [0.1, 0.15) is 41.8 Å². The lowest BCUT2D eigenvalue weighted by Gasteiger charge is -2.01. The number of aryl methyl sites for hydroxylation is 1. The second-order valence-electron chi connectivity index (χ2n) is 3.40. The van der Waals surface area contributed by atoms with Crippen LogP contribution in [0, 0.1) is 6.92 Å². The molecule has 1 atom stereocenters. The molecule has 0 aliphatic carbocycles. The Labute approximate surface area is 84.4 Å². The highest BCUT2D eigenvalue weighted by Crippen LogP contribution is 2.26. The van der Waals surface area contributed by atoms with E-state index >= 15 is 0 Å². The van der Waals surface area contributed by atoms with Crippen LogP contribution < -0.4 is 5.32 Å². The van der Waals surface area contributed by atoms with E-state index in [0.29, 0.717) is 5.92 Å². The molecule has 2 nitrogen and oxygen atoms in total. The van der Waals surface area contributed by atoms with Gasteiger partial charge in [0.25, 0.3) is 0 Å². The van der Waals surface area contributed by atoms with E-state index in [2.05, 4.69) is 31.1 Å². The smallest absolute Gasteiger partial charge is 0.0959 e. The Morgan fingerprint density at radius 3 is 2.77 bits per heavy atom. The lowest BCUT2D eigenvalue weighted by atomic mass is 10.1. The SMILES string of the molecule is CCC(C)c1nc(C)c(CNC)s1. The van der Waals surface area contributed by atoms with Crippen molar-refractivity contribution in [3.63, 3.8) is 0 Å². The van der Waals surface area contributed by atoms with Crippen molar-refractivity contribution >= 4 is 11.3 Å². The second-order valence-corrected chi connectivity index (χ2v) is 4.52. The van der Waals surface area contributed by atoms with E-state index in [9.17, 15) is 0 Å². The van der Waals surface area contributed by atoms with Gasteiger partial charge < -0.3 is 5.32 Å². The third kappa shape index (κ3) is 2.51. The topological polar surface area (TPSA) is 24.9 Å². The third-order valence-electron chi connectivity index (χ3n) is 2.28. The van der Waals surface area contributed by atoms with Gasteiger partial charge in [-0.1, -0.05) is 13.8 Å². The summed E-state index contributed by atoms with van der Waals surface area (Å²) in [5.74, 6) is 0.606. The summed E-state index contributed by atoms with van der Waals surface area (Å²) >= 11 is 1.84. The molecule has 1 unspecified atom stereocenters. The number of nitrogens with zero attached hydrogens (tertiary/aromatic N) is 1. The van der Waals surface area contributed by atoms with Gasteiger partial charge in [-0.05, 0) is 20.4 Å². The molecule has 3 heteroatoms. The quantitative estimate of drug-likeness (QED) is 0.804. The average molecular weight is 198 g/mol. The number of rotatable bonds is 4. The molecule has 0 fully saturated rings. The van der Waals surface area contributed by atoms with Crippen molar-refractivity contribution in [3.8, 4) is 0 Å². The standard InChI is InChI=1S/C10H18N2S/c1-5-7(2)10-12-8(3)9(13-10)6-11-4/h7,11H,5-6H2,1-4H3. The monoisotopic (exact) mass is 198 g/mol. The molecule has 0 saturated heterocycles. The minimum atomic E-state index is 0.606. The normalized spacial score (nSPS) is 13.2. The summed E-state index contributed by atoms with van der Waals surface area (Å²) < 4.78 is 0. The summed E-state index contributed by atoms with van der Waals surface area (Å²) in [6, 6.07) is 0. The zero-order valence-electron chi connectivity index (χ0n) is 8.85. The van der Waals surface area contributed by atoms with Crippen LogP contribution >= 0.6 is 11.3 Å². The molecule has 1 N–H and O–H groups in total. The number of hydrogen-bond donors (Lipinski definition) is 1. The third-order valence-corrected chi connectivity index (χ3v) is 3.67. The zero-order chi connectivity index (χ0) is 9.84. The van der Waals surface area contributed by atoms with Gasteiger partial charge in [0.05, 0.1) is 10.7 Å². The predicted molar refractivity (Wildman–Crippen MR) is 58.3 cm³/mol. The molecule has 0 bridgehead atoms. The number of nitrogens with one attached hydrogen (secondary N) is 1. The van der Waals surface area contributed by atoms with E-state index in [0.717, 1.165) is 6.54 Å². The molecule has 0 aromatic carbocycles. The average Bonchev–Trinajstić information content (AvgIpc) is 2.47. The highest BCUT2D eigenvalue weighted by atomic mass is 32.1. The molecule has 0 spiro atoms. The van der Waals surface area contributed by atoms with Gasteiger partial charge >= 0.3 is 0 Å². The molecule has 74 valence electrons. The Morgan fingerprint density at radius 2 is 2.23 bits per heavy atom. The lowest BCUT2D eigenvalue weighted by Crippen LogP contribution is -2.04. The van der Waals surface area contributed by atoms with Gasteiger partial charge in [0.1, 0.15) is 0 Å². The first-order valence-electron chi connectivity index (χ1n) is 4.79. The Kier molecular flexibility index (Phi) is 3.88. The molecular weight excluding hydrogens is 180 g/mol. The van der Waals surface area contributed by atoms with Gasteiger partial charge in [0.15, 0.2) is 0 Å². The minimum Gasteiger partial charge on any atom is -0.315 e. The van der Waals surface area contributed by atoms with E-state index in [-0.39, 0.29) is 0 Å². The van der Waals surface area contributed by atoms with Crippen molar-refractivity contribution < 1.29 is 0 Å². The Balaban J connectivity index is 2.81. The number of aromatic nitrogens is 1. The van der Waals surface area contributed by atoms with Gasteiger partial charge in [-0.2, -0.15) is 0 Å². The first kappa shape index (κ1) is 10.7. The zero-order valence-corrected chi connectivity index (χ0v) is 9.66. The molecule has 0 amide bonds. The van der Waals surface area contributed by atoms with Gasteiger partial charge in [-0.15, -0.1) is 11.3 Å². The molecule has 1 aromatic rings. The van der Waals surface area contributed by atoms with Crippen molar-refractivity contribution in [3.05, 3.63) is 15.6 Å². The van der Waals surface area contributed by atoms with Gasteiger partial charge in [0, 0.05) is 17.3 Å². The van der Waals surface area contributed by atoms with Gasteiger partial charge in [-0.25, -0.2) is 4.98 Å². The second kappa shape index (κ2) is 4.72. The molecule has 0 aliphatic heterocycles. The maximum Gasteiger partial charge on any atom is 0.0959 e.